The molecule has 1 heterocycles. The van der Waals surface area contributed by atoms with Gasteiger partial charge in [-0.2, -0.15) is 11.8 Å². The Labute approximate surface area is 161 Å². The molecule has 2 aromatic carbocycles. The third-order valence-electron chi connectivity index (χ3n) is 3.92. The van der Waals surface area contributed by atoms with Crippen molar-refractivity contribution >= 4 is 43.3 Å². The number of thioether (sulfide) groups is 1. The number of aromatic nitrogens is 1. The van der Waals surface area contributed by atoms with Gasteiger partial charge < -0.3 is 0 Å². The van der Waals surface area contributed by atoms with E-state index in [1.165, 1.54) is 5.56 Å². The Bertz CT molecular complexity index is 1040. The molecule has 0 aliphatic rings. The molecule has 0 atom stereocenters. The summed E-state index contributed by atoms with van der Waals surface area (Å²) in [7, 11) is -3.58. The second-order valence-electron chi connectivity index (χ2n) is 5.68. The topological polar surface area (TPSA) is 68.2 Å². The van der Waals surface area contributed by atoms with E-state index in [9.17, 15) is 13.2 Å². The number of fused-ring (bicyclic) bond motifs is 1. The maximum absolute atomic E-state index is 12.5. The lowest BCUT2D eigenvalue weighted by molar-refractivity contribution is 0.584. The van der Waals surface area contributed by atoms with Crippen LogP contribution < -0.4 is 9.60 Å². The Kier molecular flexibility index (Phi) is 6.18. The molecular weight excluding hydrogens is 388 g/mol. The predicted octanol–water partition coefficient (Wildman–Crippen LogP) is 3.29. The van der Waals surface area contributed by atoms with Crippen LogP contribution in [0.3, 0.4) is 0 Å². The van der Waals surface area contributed by atoms with Gasteiger partial charge in [-0.1, -0.05) is 41.7 Å². The van der Waals surface area contributed by atoms with E-state index in [1.54, 1.807) is 34.5 Å². The second kappa shape index (κ2) is 8.39. The summed E-state index contributed by atoms with van der Waals surface area (Å²) < 4.78 is 29.9. The van der Waals surface area contributed by atoms with Gasteiger partial charge in [0.1, 0.15) is 0 Å². The fraction of sp³-hybridized carbons (Fsp3) is 0.278. The average molecular weight is 409 g/mol. The van der Waals surface area contributed by atoms with Crippen molar-refractivity contribution in [2.45, 2.75) is 24.1 Å². The normalized spacial score (nSPS) is 11.9. The van der Waals surface area contributed by atoms with E-state index in [1.807, 2.05) is 25.1 Å². The van der Waals surface area contributed by atoms with Gasteiger partial charge in [0.25, 0.3) is 0 Å². The Morgan fingerprint density at radius 2 is 1.92 bits per heavy atom. The highest BCUT2D eigenvalue weighted by Gasteiger charge is 2.16. The van der Waals surface area contributed by atoms with Gasteiger partial charge in [0.15, 0.2) is 0 Å². The second-order valence-corrected chi connectivity index (χ2v) is 9.54. The smallest absolute Gasteiger partial charge is 0.299 e. The minimum absolute atomic E-state index is 0.0673. The van der Waals surface area contributed by atoms with Crippen LogP contribution in [0.4, 0.5) is 0 Å². The van der Waals surface area contributed by atoms with E-state index in [0.29, 0.717) is 23.5 Å². The van der Waals surface area contributed by atoms with Crippen molar-refractivity contribution in [3.8, 4) is 0 Å². The van der Waals surface area contributed by atoms with Crippen molar-refractivity contribution < 1.29 is 8.42 Å². The van der Waals surface area contributed by atoms with Gasteiger partial charge >= 0.3 is 4.87 Å². The highest BCUT2D eigenvalue weighted by Crippen LogP contribution is 2.21. The zero-order valence-electron chi connectivity index (χ0n) is 14.3. The molecule has 0 unspecified atom stereocenters. The van der Waals surface area contributed by atoms with Gasteiger partial charge in [-0.25, -0.2) is 13.1 Å². The van der Waals surface area contributed by atoms with Crippen molar-refractivity contribution in [2.24, 2.45) is 0 Å². The SMILES string of the molecule is CCn1c(=O)sc2cc(S(=O)(=O)NCCSCc3ccccc3)ccc21. The molecule has 8 heteroatoms. The standard InChI is InChI=1S/C18H20N2O3S3/c1-2-20-16-9-8-15(12-17(16)25-18(20)21)26(22,23)19-10-11-24-13-14-6-4-3-5-7-14/h3-9,12,19H,2,10-11,13H2,1H3. The predicted molar refractivity (Wildman–Crippen MR) is 110 cm³/mol. The number of thiazole rings is 1. The lowest BCUT2D eigenvalue weighted by Crippen LogP contribution is -2.26. The summed E-state index contributed by atoms with van der Waals surface area (Å²) in [4.78, 5) is 12.0. The Hall–Kier alpha value is -1.61. The lowest BCUT2D eigenvalue weighted by atomic mass is 10.2. The molecule has 0 aliphatic heterocycles. The number of benzene rings is 2. The molecule has 0 fully saturated rings. The van der Waals surface area contributed by atoms with Gasteiger partial charge in [-0.3, -0.25) is 9.36 Å². The van der Waals surface area contributed by atoms with Crippen molar-refractivity contribution in [3.05, 3.63) is 63.8 Å². The van der Waals surface area contributed by atoms with Crippen LogP contribution >= 0.6 is 23.1 Å². The molecular formula is C18H20N2O3S3. The summed E-state index contributed by atoms with van der Waals surface area (Å²) in [5.74, 6) is 1.54. The monoisotopic (exact) mass is 408 g/mol. The quantitative estimate of drug-likeness (QED) is 0.581. The summed E-state index contributed by atoms with van der Waals surface area (Å²) in [6.07, 6.45) is 0. The van der Waals surface area contributed by atoms with Gasteiger partial charge in [0.05, 0.1) is 15.1 Å². The third kappa shape index (κ3) is 4.37. The van der Waals surface area contributed by atoms with E-state index in [4.69, 9.17) is 0 Å². The van der Waals surface area contributed by atoms with Gasteiger partial charge in [-0.15, -0.1) is 0 Å². The van der Waals surface area contributed by atoms with E-state index in [-0.39, 0.29) is 9.77 Å². The molecule has 0 bridgehead atoms. The van der Waals surface area contributed by atoms with Crippen LogP contribution in [0, 0.1) is 0 Å². The molecule has 1 N–H and O–H groups in total. The first-order chi connectivity index (χ1) is 12.5. The third-order valence-corrected chi connectivity index (χ3v) is 7.35. The molecule has 0 saturated carbocycles. The number of aryl methyl sites for hydroxylation is 1. The molecule has 26 heavy (non-hydrogen) atoms. The van der Waals surface area contributed by atoms with E-state index >= 15 is 0 Å². The maximum atomic E-state index is 12.5. The molecule has 1 aromatic heterocycles. The van der Waals surface area contributed by atoms with Crippen LogP contribution in [0.2, 0.25) is 0 Å². The van der Waals surface area contributed by atoms with Gasteiger partial charge in [0.2, 0.25) is 10.0 Å². The van der Waals surface area contributed by atoms with Crippen molar-refractivity contribution in [2.75, 3.05) is 12.3 Å². The highest BCUT2D eigenvalue weighted by atomic mass is 32.2. The zero-order chi connectivity index (χ0) is 18.6. The van der Waals surface area contributed by atoms with Crippen LogP contribution in [0.25, 0.3) is 10.2 Å². The van der Waals surface area contributed by atoms with Crippen molar-refractivity contribution in [1.82, 2.24) is 9.29 Å². The number of sulfonamides is 1. The Morgan fingerprint density at radius 3 is 2.65 bits per heavy atom. The fourth-order valence-electron chi connectivity index (χ4n) is 2.61. The number of rotatable bonds is 8. The molecule has 3 aromatic rings. The average Bonchev–Trinajstić information content (AvgIpc) is 2.96. The minimum Gasteiger partial charge on any atom is -0.299 e. The summed E-state index contributed by atoms with van der Waals surface area (Å²) in [6.45, 7) is 2.83. The first kappa shape index (κ1) is 19.2. The summed E-state index contributed by atoms with van der Waals surface area (Å²) >= 11 is 2.76. The fourth-order valence-corrected chi connectivity index (χ4v) is 5.68. The van der Waals surface area contributed by atoms with Crippen LogP contribution in [-0.4, -0.2) is 25.3 Å². The number of hydrogen-bond acceptors (Lipinski definition) is 5. The first-order valence-electron chi connectivity index (χ1n) is 8.26. The number of nitrogens with zero attached hydrogens (tertiary/aromatic N) is 1. The van der Waals surface area contributed by atoms with Crippen LogP contribution in [0.1, 0.15) is 12.5 Å². The van der Waals surface area contributed by atoms with Crippen molar-refractivity contribution in [3.63, 3.8) is 0 Å². The van der Waals surface area contributed by atoms with Gasteiger partial charge in [0, 0.05) is 24.6 Å². The zero-order valence-corrected chi connectivity index (χ0v) is 16.8. The molecule has 0 aliphatic carbocycles. The maximum Gasteiger partial charge on any atom is 0.308 e. The van der Waals surface area contributed by atoms with Crippen LogP contribution in [0.15, 0.2) is 58.2 Å². The molecule has 5 nitrogen and oxygen atoms in total. The number of nitrogens with one attached hydrogen (secondary N) is 1. The molecule has 0 amide bonds. The van der Waals surface area contributed by atoms with Crippen LogP contribution in [0.5, 0.6) is 0 Å². The largest absolute Gasteiger partial charge is 0.308 e. The summed E-state index contributed by atoms with van der Waals surface area (Å²) in [6, 6.07) is 14.9. The van der Waals surface area contributed by atoms with E-state index in [2.05, 4.69) is 16.9 Å². The highest BCUT2D eigenvalue weighted by molar-refractivity contribution is 7.98. The molecule has 138 valence electrons. The summed E-state index contributed by atoms with van der Waals surface area (Å²) in [5, 5.41) is 0. The Balaban J connectivity index is 1.61. The lowest BCUT2D eigenvalue weighted by Gasteiger charge is -2.07. The van der Waals surface area contributed by atoms with Crippen LogP contribution in [-0.2, 0) is 22.3 Å². The molecule has 0 saturated heterocycles. The molecule has 0 radical (unpaired) electrons. The first-order valence-corrected chi connectivity index (χ1v) is 11.7. The van der Waals surface area contributed by atoms with Crippen molar-refractivity contribution in [1.29, 1.82) is 0 Å². The molecule has 3 rings (SSSR count). The van der Waals surface area contributed by atoms with E-state index < -0.39 is 10.0 Å². The molecule has 0 spiro atoms. The summed E-state index contributed by atoms with van der Waals surface area (Å²) in [5.41, 5.74) is 2.00. The minimum atomic E-state index is -3.58. The Morgan fingerprint density at radius 1 is 1.15 bits per heavy atom. The van der Waals surface area contributed by atoms with Gasteiger partial charge in [-0.05, 0) is 30.7 Å². The number of hydrogen-bond donors (Lipinski definition) is 1. The van der Waals surface area contributed by atoms with E-state index in [0.717, 1.165) is 22.6 Å².